The van der Waals surface area contributed by atoms with Crippen LogP contribution in [0.1, 0.15) is 25.6 Å². The third-order valence-corrected chi connectivity index (χ3v) is 2.90. The normalized spacial score (nSPS) is 11.1. The number of fused-ring (bicyclic) bond motifs is 1. The van der Waals surface area contributed by atoms with E-state index in [1.165, 1.54) is 11.3 Å². The maximum absolute atomic E-state index is 5.51. The summed E-state index contributed by atoms with van der Waals surface area (Å²) in [4.78, 5) is 4.68. The molecular weight excluding hydrogens is 198 g/mol. The van der Waals surface area contributed by atoms with Crippen LogP contribution in [0.5, 0.6) is 0 Å². The number of para-hydroxylation sites is 2. The van der Waals surface area contributed by atoms with E-state index in [0.717, 1.165) is 37.9 Å². The fourth-order valence-electron chi connectivity index (χ4n) is 2.10. The Balaban J connectivity index is 2.29. The Labute approximate surface area is 96.3 Å². The van der Waals surface area contributed by atoms with Gasteiger partial charge in [-0.05, 0) is 38.4 Å². The van der Waals surface area contributed by atoms with Crippen LogP contribution < -0.4 is 5.73 Å². The number of benzene rings is 1. The molecule has 1 heterocycles. The lowest BCUT2D eigenvalue weighted by Crippen LogP contribution is -2.04. The molecule has 2 rings (SSSR count). The standard InChI is InChI=1S/C13H19N3/c1-2-16-12-8-4-3-7-11(12)15-13(16)9-5-6-10-14/h3-4,7-8H,2,5-6,9-10,14H2,1H3. The topological polar surface area (TPSA) is 43.8 Å². The van der Waals surface area contributed by atoms with Gasteiger partial charge >= 0.3 is 0 Å². The molecular formula is C13H19N3. The fourth-order valence-corrected chi connectivity index (χ4v) is 2.10. The molecule has 16 heavy (non-hydrogen) atoms. The zero-order valence-electron chi connectivity index (χ0n) is 9.82. The lowest BCUT2D eigenvalue weighted by Gasteiger charge is -2.05. The van der Waals surface area contributed by atoms with Gasteiger partial charge < -0.3 is 10.3 Å². The highest BCUT2D eigenvalue weighted by Crippen LogP contribution is 2.17. The van der Waals surface area contributed by atoms with Gasteiger partial charge in [0.25, 0.3) is 0 Å². The van der Waals surface area contributed by atoms with E-state index in [9.17, 15) is 0 Å². The minimum atomic E-state index is 0.770. The van der Waals surface area contributed by atoms with Crippen LogP contribution in [0.25, 0.3) is 11.0 Å². The van der Waals surface area contributed by atoms with E-state index in [0.29, 0.717) is 0 Å². The summed E-state index contributed by atoms with van der Waals surface area (Å²) >= 11 is 0. The smallest absolute Gasteiger partial charge is 0.109 e. The number of rotatable bonds is 5. The Morgan fingerprint density at radius 2 is 2.06 bits per heavy atom. The molecule has 0 fully saturated rings. The number of hydrogen-bond donors (Lipinski definition) is 1. The van der Waals surface area contributed by atoms with Gasteiger partial charge in [-0.25, -0.2) is 4.98 Å². The molecule has 0 aliphatic heterocycles. The van der Waals surface area contributed by atoms with Crippen LogP contribution in [0.2, 0.25) is 0 Å². The molecule has 1 aromatic heterocycles. The molecule has 1 aromatic carbocycles. The molecule has 3 heteroatoms. The number of unbranched alkanes of at least 4 members (excludes halogenated alkanes) is 1. The van der Waals surface area contributed by atoms with Crippen molar-refractivity contribution in [3.8, 4) is 0 Å². The second kappa shape index (κ2) is 5.12. The Kier molecular flexibility index (Phi) is 3.57. The first-order valence-electron chi connectivity index (χ1n) is 6.01. The monoisotopic (exact) mass is 217 g/mol. The third-order valence-electron chi connectivity index (χ3n) is 2.90. The first-order valence-corrected chi connectivity index (χ1v) is 6.01. The fraction of sp³-hybridized carbons (Fsp3) is 0.462. The van der Waals surface area contributed by atoms with Crippen LogP contribution in [0.15, 0.2) is 24.3 Å². The highest BCUT2D eigenvalue weighted by atomic mass is 15.1. The van der Waals surface area contributed by atoms with E-state index in [2.05, 4.69) is 34.7 Å². The Bertz CT molecular complexity index is 459. The second-order valence-electron chi connectivity index (χ2n) is 4.01. The molecule has 0 atom stereocenters. The third kappa shape index (κ3) is 2.09. The zero-order chi connectivity index (χ0) is 11.4. The van der Waals surface area contributed by atoms with Gasteiger partial charge in [-0.3, -0.25) is 0 Å². The molecule has 0 radical (unpaired) electrons. The second-order valence-corrected chi connectivity index (χ2v) is 4.01. The quantitative estimate of drug-likeness (QED) is 0.781. The van der Waals surface area contributed by atoms with Crippen molar-refractivity contribution in [3.05, 3.63) is 30.1 Å². The predicted molar refractivity (Wildman–Crippen MR) is 67.4 cm³/mol. The summed E-state index contributed by atoms with van der Waals surface area (Å²) in [6.07, 6.45) is 3.23. The molecule has 0 aliphatic carbocycles. The van der Waals surface area contributed by atoms with E-state index in [1.807, 2.05) is 6.07 Å². The number of nitrogens with two attached hydrogens (primary N) is 1. The van der Waals surface area contributed by atoms with E-state index in [1.54, 1.807) is 0 Å². The van der Waals surface area contributed by atoms with Gasteiger partial charge in [0.05, 0.1) is 11.0 Å². The number of nitrogens with zero attached hydrogens (tertiary/aromatic N) is 2. The predicted octanol–water partition coefficient (Wildman–Crippen LogP) is 2.34. The first kappa shape index (κ1) is 11.1. The molecule has 0 saturated carbocycles. The van der Waals surface area contributed by atoms with Crippen LogP contribution in [0.4, 0.5) is 0 Å². The van der Waals surface area contributed by atoms with E-state index in [-0.39, 0.29) is 0 Å². The van der Waals surface area contributed by atoms with Gasteiger partial charge in [-0.1, -0.05) is 12.1 Å². The van der Waals surface area contributed by atoms with Gasteiger partial charge in [0.1, 0.15) is 5.82 Å². The van der Waals surface area contributed by atoms with Crippen molar-refractivity contribution in [2.24, 2.45) is 5.73 Å². The summed E-state index contributed by atoms with van der Waals surface area (Å²) in [7, 11) is 0. The maximum Gasteiger partial charge on any atom is 0.109 e. The van der Waals surface area contributed by atoms with Crippen molar-refractivity contribution >= 4 is 11.0 Å². The molecule has 3 nitrogen and oxygen atoms in total. The lowest BCUT2D eigenvalue weighted by atomic mass is 10.2. The van der Waals surface area contributed by atoms with Gasteiger partial charge in [0.15, 0.2) is 0 Å². The number of hydrogen-bond acceptors (Lipinski definition) is 2. The van der Waals surface area contributed by atoms with Gasteiger partial charge in [-0.15, -0.1) is 0 Å². The molecule has 0 saturated heterocycles. The molecule has 86 valence electrons. The summed E-state index contributed by atoms with van der Waals surface area (Å²) in [6.45, 7) is 3.92. The minimum Gasteiger partial charge on any atom is -0.330 e. The zero-order valence-corrected chi connectivity index (χ0v) is 9.82. The molecule has 0 spiro atoms. The Morgan fingerprint density at radius 1 is 1.25 bits per heavy atom. The SMILES string of the molecule is CCn1c(CCCCN)nc2ccccc21. The van der Waals surface area contributed by atoms with Crippen LogP contribution >= 0.6 is 0 Å². The van der Waals surface area contributed by atoms with Gasteiger partial charge in [-0.2, -0.15) is 0 Å². The van der Waals surface area contributed by atoms with Crippen molar-refractivity contribution in [2.45, 2.75) is 32.7 Å². The average molecular weight is 217 g/mol. The average Bonchev–Trinajstić information content (AvgIpc) is 2.67. The minimum absolute atomic E-state index is 0.770. The van der Waals surface area contributed by atoms with Crippen molar-refractivity contribution in [1.29, 1.82) is 0 Å². The summed E-state index contributed by atoms with van der Waals surface area (Å²) in [5.74, 6) is 1.19. The Hall–Kier alpha value is -1.35. The van der Waals surface area contributed by atoms with Crippen LogP contribution in [-0.4, -0.2) is 16.1 Å². The summed E-state index contributed by atoms with van der Waals surface area (Å²) in [5.41, 5.74) is 7.86. The molecule has 0 amide bonds. The molecule has 2 aromatic rings. The van der Waals surface area contributed by atoms with Crippen LogP contribution in [0, 0.1) is 0 Å². The van der Waals surface area contributed by atoms with Crippen molar-refractivity contribution in [2.75, 3.05) is 6.54 Å². The molecule has 2 N–H and O–H groups in total. The number of aryl methyl sites for hydroxylation is 2. The van der Waals surface area contributed by atoms with Gasteiger partial charge in [0, 0.05) is 13.0 Å². The van der Waals surface area contributed by atoms with E-state index >= 15 is 0 Å². The van der Waals surface area contributed by atoms with Crippen LogP contribution in [0.3, 0.4) is 0 Å². The highest BCUT2D eigenvalue weighted by molar-refractivity contribution is 5.75. The van der Waals surface area contributed by atoms with Crippen LogP contribution in [-0.2, 0) is 13.0 Å². The summed E-state index contributed by atoms with van der Waals surface area (Å²) in [5, 5.41) is 0. The van der Waals surface area contributed by atoms with E-state index < -0.39 is 0 Å². The first-order chi connectivity index (χ1) is 7.86. The molecule has 0 unspecified atom stereocenters. The van der Waals surface area contributed by atoms with Crippen molar-refractivity contribution in [1.82, 2.24) is 9.55 Å². The number of imidazole rings is 1. The highest BCUT2D eigenvalue weighted by Gasteiger charge is 2.07. The summed E-state index contributed by atoms with van der Waals surface area (Å²) in [6, 6.07) is 8.32. The van der Waals surface area contributed by atoms with Crippen molar-refractivity contribution in [3.63, 3.8) is 0 Å². The van der Waals surface area contributed by atoms with Gasteiger partial charge in [0.2, 0.25) is 0 Å². The molecule has 0 aliphatic rings. The largest absolute Gasteiger partial charge is 0.330 e. The lowest BCUT2D eigenvalue weighted by molar-refractivity contribution is 0.661. The maximum atomic E-state index is 5.51. The van der Waals surface area contributed by atoms with Crippen molar-refractivity contribution < 1.29 is 0 Å². The van der Waals surface area contributed by atoms with E-state index in [4.69, 9.17) is 5.73 Å². The Morgan fingerprint density at radius 3 is 2.81 bits per heavy atom. The summed E-state index contributed by atoms with van der Waals surface area (Å²) < 4.78 is 2.30. The number of aromatic nitrogens is 2. The molecule has 0 bridgehead atoms.